The van der Waals surface area contributed by atoms with Gasteiger partial charge in [-0.2, -0.15) is 0 Å². The summed E-state index contributed by atoms with van der Waals surface area (Å²) >= 11 is 1.42. The molecular formula is C32H33NO12S. The minimum Gasteiger partial charge on any atom is -0.507 e. The van der Waals surface area contributed by atoms with Crippen LogP contribution in [-0.4, -0.2) is 83.5 Å². The van der Waals surface area contributed by atoms with E-state index in [-0.39, 0.29) is 42.5 Å². The Hall–Kier alpha value is -4.82. The number of carbonyl (C=O) groups is 5. The lowest BCUT2D eigenvalue weighted by molar-refractivity contribution is -0.255. The number of thiazole rings is 1. The van der Waals surface area contributed by atoms with E-state index < -0.39 is 54.4 Å². The predicted octanol–water partition coefficient (Wildman–Crippen LogP) is 3.45. The number of benzene rings is 2. The zero-order valence-corrected chi connectivity index (χ0v) is 26.3. The van der Waals surface area contributed by atoms with Gasteiger partial charge in [0.1, 0.15) is 41.9 Å². The molecule has 1 fully saturated rings. The fraction of sp³-hybridized carbons (Fsp3) is 0.375. The van der Waals surface area contributed by atoms with Crippen LogP contribution < -0.4 is 4.74 Å². The van der Waals surface area contributed by atoms with Gasteiger partial charge in [-0.15, -0.1) is 11.3 Å². The molecule has 1 aliphatic heterocycles. The highest BCUT2D eigenvalue weighted by Gasteiger charge is 2.52. The second kappa shape index (κ2) is 15.5. The summed E-state index contributed by atoms with van der Waals surface area (Å²) < 4.78 is 33.1. The normalized spacial score (nSPS) is 20.7. The lowest BCUT2D eigenvalue weighted by Crippen LogP contribution is -2.63. The number of phenolic OH excluding ortho intramolecular Hbond substituents is 1. The van der Waals surface area contributed by atoms with Gasteiger partial charge in [-0.1, -0.05) is 30.3 Å². The Bertz CT molecular complexity index is 1570. The molecule has 0 spiro atoms. The van der Waals surface area contributed by atoms with Gasteiger partial charge in [-0.3, -0.25) is 24.0 Å². The Morgan fingerprint density at radius 3 is 2.00 bits per heavy atom. The Balaban J connectivity index is 1.50. The number of phenols is 1. The van der Waals surface area contributed by atoms with Crippen molar-refractivity contribution in [1.82, 2.24) is 4.98 Å². The molecule has 0 amide bonds. The molecule has 0 radical (unpaired) electrons. The summed E-state index contributed by atoms with van der Waals surface area (Å²) in [4.78, 5) is 65.0. The van der Waals surface area contributed by atoms with Crippen molar-refractivity contribution in [2.24, 2.45) is 0 Å². The highest BCUT2D eigenvalue weighted by Crippen LogP contribution is 2.31. The smallest absolute Gasteiger partial charge is 0.303 e. The number of ketones is 1. The number of aromatic hydroxyl groups is 1. The summed E-state index contributed by atoms with van der Waals surface area (Å²) in [5, 5.41) is 13.3. The average molecular weight is 656 g/mol. The quantitative estimate of drug-likeness (QED) is 0.171. The Kier molecular flexibility index (Phi) is 11.4. The number of hydrogen-bond acceptors (Lipinski definition) is 14. The van der Waals surface area contributed by atoms with Crippen LogP contribution in [0, 0.1) is 0 Å². The first-order valence-corrected chi connectivity index (χ1v) is 15.1. The first-order chi connectivity index (χ1) is 21.9. The minimum absolute atomic E-state index is 0.0260. The number of esters is 4. The van der Waals surface area contributed by atoms with Crippen LogP contribution in [0.2, 0.25) is 0 Å². The van der Waals surface area contributed by atoms with E-state index >= 15 is 0 Å². The van der Waals surface area contributed by atoms with Gasteiger partial charge in [0, 0.05) is 44.7 Å². The van der Waals surface area contributed by atoms with Crippen LogP contribution in [0.5, 0.6) is 11.5 Å². The van der Waals surface area contributed by atoms with Crippen molar-refractivity contribution in [3.63, 3.8) is 0 Å². The molecule has 2 aromatic carbocycles. The topological polar surface area (TPSA) is 174 Å². The fourth-order valence-electron chi connectivity index (χ4n) is 4.83. The maximum absolute atomic E-state index is 13.0. The van der Waals surface area contributed by atoms with E-state index in [0.29, 0.717) is 5.69 Å². The fourth-order valence-corrected chi connectivity index (χ4v) is 5.65. The SMILES string of the molecule is CC(=O)OCC1OC(COc2ccc(C(=O)Cc3csc(-c4ccccc4)n3)c(O)c2)C(OC(C)=O)C(OC(C)=O)C1OC(C)=O. The number of rotatable bonds is 12. The number of nitrogens with zero attached hydrogens (tertiary/aromatic N) is 1. The Morgan fingerprint density at radius 1 is 0.804 bits per heavy atom. The van der Waals surface area contributed by atoms with Crippen molar-refractivity contribution in [1.29, 1.82) is 0 Å². The summed E-state index contributed by atoms with van der Waals surface area (Å²) in [6, 6.07) is 13.7. The molecule has 5 unspecified atom stereocenters. The molecule has 1 aliphatic rings. The third-order valence-corrected chi connectivity index (χ3v) is 7.63. The lowest BCUT2D eigenvalue weighted by Gasteiger charge is -2.44. The molecule has 1 saturated heterocycles. The highest BCUT2D eigenvalue weighted by molar-refractivity contribution is 7.13. The second-order valence-electron chi connectivity index (χ2n) is 10.3. The lowest BCUT2D eigenvalue weighted by atomic mass is 9.94. The van der Waals surface area contributed by atoms with Crippen molar-refractivity contribution in [3.8, 4) is 22.1 Å². The van der Waals surface area contributed by atoms with Gasteiger partial charge < -0.3 is 33.5 Å². The van der Waals surface area contributed by atoms with E-state index in [9.17, 15) is 29.1 Å². The van der Waals surface area contributed by atoms with Crippen LogP contribution in [0.4, 0.5) is 0 Å². The molecule has 0 bridgehead atoms. The zero-order valence-electron chi connectivity index (χ0n) is 25.5. The molecule has 1 aromatic heterocycles. The van der Waals surface area contributed by atoms with Gasteiger partial charge in [-0.25, -0.2) is 4.98 Å². The molecule has 3 aromatic rings. The Morgan fingerprint density at radius 2 is 1.41 bits per heavy atom. The van der Waals surface area contributed by atoms with Gasteiger partial charge in [-0.05, 0) is 12.1 Å². The van der Waals surface area contributed by atoms with Crippen molar-refractivity contribution < 1.29 is 57.5 Å². The monoisotopic (exact) mass is 655 g/mol. The Labute approximate surface area is 268 Å². The van der Waals surface area contributed by atoms with E-state index in [0.717, 1.165) is 31.3 Å². The summed E-state index contributed by atoms with van der Waals surface area (Å²) in [6.45, 7) is 3.87. The summed E-state index contributed by atoms with van der Waals surface area (Å²) in [6.07, 6.45) is -6.20. The third-order valence-electron chi connectivity index (χ3n) is 6.69. The zero-order chi connectivity index (χ0) is 33.4. The van der Waals surface area contributed by atoms with Gasteiger partial charge in [0.15, 0.2) is 24.1 Å². The first kappa shape index (κ1) is 34.1. The molecule has 2 heterocycles. The van der Waals surface area contributed by atoms with Crippen molar-refractivity contribution in [2.75, 3.05) is 13.2 Å². The molecule has 46 heavy (non-hydrogen) atoms. The van der Waals surface area contributed by atoms with Crippen LogP contribution in [0.25, 0.3) is 10.6 Å². The summed E-state index contributed by atoms with van der Waals surface area (Å²) in [7, 11) is 0. The van der Waals surface area contributed by atoms with Gasteiger partial charge in [0.25, 0.3) is 0 Å². The highest BCUT2D eigenvalue weighted by atomic mass is 32.1. The number of aromatic nitrogens is 1. The summed E-state index contributed by atoms with van der Waals surface area (Å²) in [5.74, 6) is -3.43. The van der Waals surface area contributed by atoms with Crippen molar-refractivity contribution in [3.05, 3.63) is 65.2 Å². The largest absolute Gasteiger partial charge is 0.507 e. The molecule has 4 rings (SSSR count). The number of carbonyl (C=O) groups excluding carboxylic acids is 5. The summed E-state index contributed by atoms with van der Waals surface area (Å²) in [5.41, 5.74) is 1.57. The standard InChI is InChI=1S/C32H33NO12S/c1-17(34)40-14-27-29(42-18(2)35)31(44-20(4)37)30(43-19(3)36)28(45-27)15-41-23-10-11-24(26(39)13-23)25(38)12-22-16-46-32(33-22)21-8-6-5-7-9-21/h5-11,13,16,27-31,39H,12,14-15H2,1-4H3. The van der Waals surface area contributed by atoms with Crippen molar-refractivity contribution >= 4 is 41.0 Å². The van der Waals surface area contributed by atoms with E-state index in [1.165, 1.54) is 36.5 Å². The van der Waals surface area contributed by atoms with Crippen LogP contribution in [0.3, 0.4) is 0 Å². The molecule has 0 aliphatic carbocycles. The minimum atomic E-state index is -1.34. The third kappa shape index (κ3) is 9.11. The van der Waals surface area contributed by atoms with E-state index in [2.05, 4.69) is 4.98 Å². The molecule has 5 atom stereocenters. The van der Waals surface area contributed by atoms with Gasteiger partial charge >= 0.3 is 23.9 Å². The number of hydrogen-bond donors (Lipinski definition) is 1. The van der Waals surface area contributed by atoms with Crippen LogP contribution in [0.1, 0.15) is 43.7 Å². The maximum atomic E-state index is 13.0. The van der Waals surface area contributed by atoms with E-state index in [1.54, 1.807) is 5.38 Å². The average Bonchev–Trinajstić information content (AvgIpc) is 3.45. The van der Waals surface area contributed by atoms with Crippen LogP contribution in [0.15, 0.2) is 53.9 Å². The predicted molar refractivity (Wildman–Crippen MR) is 161 cm³/mol. The number of Topliss-reactive ketones (excluding diaryl/α,β-unsaturated/α-hetero) is 1. The van der Waals surface area contributed by atoms with Gasteiger partial charge in [0.2, 0.25) is 0 Å². The van der Waals surface area contributed by atoms with Crippen LogP contribution >= 0.6 is 11.3 Å². The van der Waals surface area contributed by atoms with Crippen molar-refractivity contribution in [2.45, 2.75) is 64.6 Å². The van der Waals surface area contributed by atoms with Gasteiger partial charge in [0.05, 0.1) is 17.7 Å². The number of ether oxygens (including phenoxy) is 6. The van der Waals surface area contributed by atoms with E-state index in [1.807, 2.05) is 30.3 Å². The maximum Gasteiger partial charge on any atom is 0.303 e. The molecular weight excluding hydrogens is 622 g/mol. The molecule has 1 N–H and O–H groups in total. The first-order valence-electron chi connectivity index (χ1n) is 14.2. The molecule has 13 nitrogen and oxygen atoms in total. The van der Waals surface area contributed by atoms with Crippen LogP contribution in [-0.2, 0) is 49.3 Å². The van der Waals surface area contributed by atoms with E-state index in [4.69, 9.17) is 28.4 Å². The second-order valence-corrected chi connectivity index (χ2v) is 11.2. The molecule has 0 saturated carbocycles. The molecule has 14 heteroatoms. The molecule has 244 valence electrons.